The van der Waals surface area contributed by atoms with E-state index in [9.17, 15) is 0 Å². The van der Waals surface area contributed by atoms with Crippen LogP contribution < -0.4 is 0 Å². The predicted molar refractivity (Wildman–Crippen MR) is 173 cm³/mol. The van der Waals surface area contributed by atoms with Crippen molar-refractivity contribution in [1.82, 2.24) is 4.57 Å². The number of aromatic nitrogens is 1. The number of nitrogens with zero attached hydrogens (tertiary/aromatic N) is 1. The molecule has 0 aliphatic heterocycles. The molecule has 1 aliphatic carbocycles. The second kappa shape index (κ2) is 9.08. The van der Waals surface area contributed by atoms with Crippen molar-refractivity contribution >= 4 is 21.8 Å². The Hall–Kier alpha value is -4.88. The molecule has 196 valence electrons. The van der Waals surface area contributed by atoms with Gasteiger partial charge in [-0.15, -0.1) is 0 Å². The van der Waals surface area contributed by atoms with Crippen LogP contribution in [0.2, 0.25) is 0 Å². The highest BCUT2D eigenvalue weighted by atomic mass is 15.0. The molecule has 0 saturated carbocycles. The molecule has 8 rings (SSSR count). The molecular weight excluding hydrogens is 494 g/mol. The van der Waals surface area contributed by atoms with Crippen LogP contribution in [0, 0.1) is 0 Å². The van der Waals surface area contributed by atoms with Crippen molar-refractivity contribution in [3.63, 3.8) is 0 Å². The number of benzene rings is 6. The third-order valence-electron chi connectivity index (χ3n) is 9.06. The summed E-state index contributed by atoms with van der Waals surface area (Å²) in [4.78, 5) is 0. The zero-order valence-corrected chi connectivity index (χ0v) is 23.4. The Labute approximate surface area is 241 Å². The molecule has 0 bridgehead atoms. The summed E-state index contributed by atoms with van der Waals surface area (Å²) < 4.78 is 2.37. The SMILES string of the molecule is CC1(C)c2ccccc2-c2c(Cc3ccc(-c4ccc5c(c4)c4ccccc4n5-c4ccccc4)cc3)cccc21. The van der Waals surface area contributed by atoms with Crippen LogP contribution in [0.5, 0.6) is 0 Å². The number of hydrogen-bond donors (Lipinski definition) is 0. The fourth-order valence-corrected chi connectivity index (χ4v) is 7.02. The van der Waals surface area contributed by atoms with Crippen LogP contribution in [-0.4, -0.2) is 4.57 Å². The quantitative estimate of drug-likeness (QED) is 0.215. The zero-order chi connectivity index (χ0) is 27.6. The summed E-state index contributed by atoms with van der Waals surface area (Å²) in [6.07, 6.45) is 0.928. The molecule has 0 saturated heterocycles. The fourth-order valence-electron chi connectivity index (χ4n) is 7.02. The minimum atomic E-state index is 0.0358. The summed E-state index contributed by atoms with van der Waals surface area (Å²) in [5.74, 6) is 0. The van der Waals surface area contributed by atoms with Gasteiger partial charge in [0.2, 0.25) is 0 Å². The maximum absolute atomic E-state index is 2.37. The molecule has 0 atom stereocenters. The van der Waals surface area contributed by atoms with Crippen LogP contribution in [0.25, 0.3) is 49.7 Å². The van der Waals surface area contributed by atoms with E-state index in [4.69, 9.17) is 0 Å². The maximum atomic E-state index is 2.37. The van der Waals surface area contributed by atoms with Gasteiger partial charge in [-0.1, -0.05) is 123 Å². The minimum absolute atomic E-state index is 0.0358. The number of fused-ring (bicyclic) bond motifs is 6. The minimum Gasteiger partial charge on any atom is -0.309 e. The van der Waals surface area contributed by atoms with E-state index >= 15 is 0 Å². The third-order valence-corrected chi connectivity index (χ3v) is 9.06. The van der Waals surface area contributed by atoms with E-state index in [0.717, 1.165) is 6.42 Å². The second-order valence-corrected chi connectivity index (χ2v) is 11.8. The van der Waals surface area contributed by atoms with Gasteiger partial charge in [0.15, 0.2) is 0 Å². The molecule has 41 heavy (non-hydrogen) atoms. The van der Waals surface area contributed by atoms with Crippen molar-refractivity contribution in [3.8, 4) is 27.9 Å². The average molecular weight is 526 g/mol. The molecule has 7 aromatic rings. The van der Waals surface area contributed by atoms with Gasteiger partial charge in [-0.3, -0.25) is 0 Å². The first-order valence-corrected chi connectivity index (χ1v) is 14.5. The molecule has 0 radical (unpaired) electrons. The van der Waals surface area contributed by atoms with E-state index in [0.29, 0.717) is 0 Å². The smallest absolute Gasteiger partial charge is 0.0541 e. The summed E-state index contributed by atoms with van der Waals surface area (Å²) in [6, 6.07) is 51.2. The summed E-state index contributed by atoms with van der Waals surface area (Å²) in [7, 11) is 0. The van der Waals surface area contributed by atoms with Gasteiger partial charge in [-0.2, -0.15) is 0 Å². The lowest BCUT2D eigenvalue weighted by molar-refractivity contribution is 0.660. The first-order chi connectivity index (χ1) is 20.1. The summed E-state index contributed by atoms with van der Waals surface area (Å²) in [5, 5.41) is 2.57. The van der Waals surface area contributed by atoms with Crippen molar-refractivity contribution in [3.05, 3.63) is 162 Å². The standard InChI is InChI=1S/C40H31N/c1-40(2)35-16-8-6-15-33(35)39-30(11-10-17-36(39)40)25-27-19-21-28(22-20-27)29-23-24-38-34(26-29)32-14-7-9-18-37(32)41(38)31-12-4-3-5-13-31/h3-24,26H,25H2,1-2H3. The van der Waals surface area contributed by atoms with Gasteiger partial charge in [0.25, 0.3) is 0 Å². The molecule has 0 spiro atoms. The maximum Gasteiger partial charge on any atom is 0.0541 e. The molecule has 0 unspecified atom stereocenters. The van der Waals surface area contributed by atoms with Gasteiger partial charge in [0, 0.05) is 21.9 Å². The fraction of sp³-hybridized carbons (Fsp3) is 0.100. The van der Waals surface area contributed by atoms with Gasteiger partial charge < -0.3 is 4.57 Å². The topological polar surface area (TPSA) is 4.93 Å². The molecule has 0 N–H and O–H groups in total. The number of hydrogen-bond acceptors (Lipinski definition) is 0. The molecule has 1 nitrogen and oxygen atoms in total. The first-order valence-electron chi connectivity index (χ1n) is 14.5. The largest absolute Gasteiger partial charge is 0.309 e. The van der Waals surface area contributed by atoms with E-state index in [1.54, 1.807) is 0 Å². The highest BCUT2D eigenvalue weighted by molar-refractivity contribution is 6.10. The van der Waals surface area contributed by atoms with Gasteiger partial charge in [-0.25, -0.2) is 0 Å². The van der Waals surface area contributed by atoms with E-state index in [1.807, 2.05) is 0 Å². The molecule has 0 amide bonds. The molecule has 6 aromatic carbocycles. The monoisotopic (exact) mass is 525 g/mol. The summed E-state index contributed by atoms with van der Waals surface area (Å²) in [6.45, 7) is 4.70. The van der Waals surface area contributed by atoms with Crippen molar-refractivity contribution in [1.29, 1.82) is 0 Å². The first kappa shape index (κ1) is 24.0. The highest BCUT2D eigenvalue weighted by Gasteiger charge is 2.36. The van der Waals surface area contributed by atoms with Gasteiger partial charge >= 0.3 is 0 Å². The molecule has 1 heterocycles. The Morgan fingerprint density at radius 1 is 0.537 bits per heavy atom. The van der Waals surface area contributed by atoms with E-state index in [2.05, 4.69) is 158 Å². The van der Waals surface area contributed by atoms with Crippen LogP contribution in [0.3, 0.4) is 0 Å². The van der Waals surface area contributed by atoms with Crippen LogP contribution in [0.4, 0.5) is 0 Å². The van der Waals surface area contributed by atoms with Crippen molar-refractivity contribution in [2.75, 3.05) is 0 Å². The van der Waals surface area contributed by atoms with E-state index in [1.165, 1.54) is 72.0 Å². The van der Waals surface area contributed by atoms with E-state index < -0.39 is 0 Å². The van der Waals surface area contributed by atoms with Crippen molar-refractivity contribution in [2.45, 2.75) is 25.7 Å². The van der Waals surface area contributed by atoms with Crippen molar-refractivity contribution < 1.29 is 0 Å². The van der Waals surface area contributed by atoms with Gasteiger partial charge in [-0.05, 0) is 81.3 Å². The number of rotatable bonds is 4. The average Bonchev–Trinajstić information content (AvgIpc) is 3.47. The third kappa shape index (κ3) is 3.69. The summed E-state index contributed by atoms with van der Waals surface area (Å²) >= 11 is 0. The Kier molecular flexibility index (Phi) is 5.30. The Balaban J connectivity index is 1.16. The zero-order valence-electron chi connectivity index (χ0n) is 23.4. The van der Waals surface area contributed by atoms with Gasteiger partial charge in [0.1, 0.15) is 0 Å². The molecule has 1 aliphatic rings. The van der Waals surface area contributed by atoms with Crippen LogP contribution in [-0.2, 0) is 11.8 Å². The van der Waals surface area contributed by atoms with E-state index in [-0.39, 0.29) is 5.41 Å². The Bertz CT molecular complexity index is 2070. The van der Waals surface area contributed by atoms with Crippen LogP contribution >= 0.6 is 0 Å². The Morgan fingerprint density at radius 3 is 2.07 bits per heavy atom. The Morgan fingerprint density at radius 2 is 1.22 bits per heavy atom. The normalized spacial score (nSPS) is 13.4. The number of para-hydroxylation sites is 2. The molecule has 0 fully saturated rings. The lowest BCUT2D eigenvalue weighted by Crippen LogP contribution is -2.14. The van der Waals surface area contributed by atoms with Gasteiger partial charge in [0.05, 0.1) is 11.0 Å². The lowest BCUT2D eigenvalue weighted by Gasteiger charge is -2.21. The molecular formula is C40H31N. The lowest BCUT2D eigenvalue weighted by atomic mass is 9.82. The van der Waals surface area contributed by atoms with Crippen LogP contribution in [0.15, 0.2) is 140 Å². The molecule has 1 heteroatoms. The second-order valence-electron chi connectivity index (χ2n) is 11.8. The van der Waals surface area contributed by atoms with Crippen molar-refractivity contribution in [2.24, 2.45) is 0 Å². The summed E-state index contributed by atoms with van der Waals surface area (Å²) in [5.41, 5.74) is 14.6. The predicted octanol–water partition coefficient (Wildman–Crippen LogP) is 10.3. The van der Waals surface area contributed by atoms with Crippen LogP contribution in [0.1, 0.15) is 36.1 Å². The molecule has 1 aromatic heterocycles. The highest BCUT2D eigenvalue weighted by Crippen LogP contribution is 2.50.